The van der Waals surface area contributed by atoms with Crippen molar-refractivity contribution in [3.63, 3.8) is 0 Å². The first-order valence-electron chi connectivity index (χ1n) is 6.69. The Bertz CT molecular complexity index is 464. The maximum Gasteiger partial charge on any atom is 0.242 e. The number of amides is 1. The van der Waals surface area contributed by atoms with Crippen molar-refractivity contribution in [2.24, 2.45) is 0 Å². The molecule has 1 fully saturated rings. The number of benzene rings is 1. The summed E-state index contributed by atoms with van der Waals surface area (Å²) in [6.07, 6.45) is 2.09. The lowest BCUT2D eigenvalue weighted by molar-refractivity contribution is -0.131. The van der Waals surface area contributed by atoms with Gasteiger partial charge in [-0.3, -0.25) is 4.79 Å². The van der Waals surface area contributed by atoms with Crippen LogP contribution in [0.25, 0.3) is 0 Å². The number of nitrogens with two attached hydrogens (primary N) is 1. The van der Waals surface area contributed by atoms with Crippen molar-refractivity contribution in [2.75, 3.05) is 36.8 Å². The number of anilines is 2. The molecule has 0 atom stereocenters. The molecule has 5 heteroatoms. The summed E-state index contributed by atoms with van der Waals surface area (Å²) >= 11 is 0. The third-order valence-corrected chi connectivity index (χ3v) is 3.41. The molecule has 1 aromatic rings. The number of nitrogen functional groups attached to an aromatic ring is 1. The van der Waals surface area contributed by atoms with Crippen molar-refractivity contribution in [3.05, 3.63) is 24.0 Å². The first-order chi connectivity index (χ1) is 9.11. The van der Waals surface area contributed by atoms with Gasteiger partial charge in [-0.15, -0.1) is 0 Å². The largest absolute Gasteiger partial charge is 0.399 e. The Morgan fingerprint density at radius 1 is 1.37 bits per heavy atom. The van der Waals surface area contributed by atoms with E-state index in [1.165, 1.54) is 6.07 Å². The van der Waals surface area contributed by atoms with Gasteiger partial charge in [-0.1, -0.05) is 13.3 Å². The van der Waals surface area contributed by atoms with Gasteiger partial charge in [-0.2, -0.15) is 0 Å². The lowest BCUT2D eigenvalue weighted by Gasteiger charge is -2.35. The Morgan fingerprint density at radius 3 is 2.79 bits per heavy atom. The SMILES string of the molecule is CCCCN1CCN(c2ccc(N)cc2F)CC1=O. The zero-order valence-corrected chi connectivity index (χ0v) is 11.2. The molecule has 1 amide bonds. The molecule has 0 spiro atoms. The molecule has 1 saturated heterocycles. The van der Waals surface area contributed by atoms with E-state index < -0.39 is 0 Å². The van der Waals surface area contributed by atoms with Crippen LogP contribution < -0.4 is 10.6 Å². The van der Waals surface area contributed by atoms with E-state index in [0.717, 1.165) is 19.4 Å². The van der Waals surface area contributed by atoms with E-state index in [9.17, 15) is 9.18 Å². The quantitative estimate of drug-likeness (QED) is 0.845. The number of rotatable bonds is 4. The topological polar surface area (TPSA) is 49.6 Å². The Labute approximate surface area is 113 Å². The maximum atomic E-state index is 13.8. The van der Waals surface area contributed by atoms with Crippen molar-refractivity contribution in [1.82, 2.24) is 4.90 Å². The molecule has 0 aliphatic carbocycles. The highest BCUT2D eigenvalue weighted by Crippen LogP contribution is 2.23. The molecule has 1 aromatic carbocycles. The fraction of sp³-hybridized carbons (Fsp3) is 0.500. The van der Waals surface area contributed by atoms with Gasteiger partial charge in [0.25, 0.3) is 0 Å². The number of hydrogen-bond donors (Lipinski definition) is 1. The van der Waals surface area contributed by atoms with Crippen molar-refractivity contribution in [1.29, 1.82) is 0 Å². The van der Waals surface area contributed by atoms with Crippen LogP contribution in [0.4, 0.5) is 15.8 Å². The Morgan fingerprint density at radius 2 is 2.16 bits per heavy atom. The number of nitrogens with zero attached hydrogens (tertiary/aromatic N) is 2. The van der Waals surface area contributed by atoms with Crippen LogP contribution in [-0.4, -0.2) is 37.0 Å². The summed E-state index contributed by atoms with van der Waals surface area (Å²) in [4.78, 5) is 15.6. The van der Waals surface area contributed by atoms with E-state index >= 15 is 0 Å². The van der Waals surface area contributed by atoms with Crippen LogP contribution in [0.15, 0.2) is 18.2 Å². The summed E-state index contributed by atoms with van der Waals surface area (Å²) in [7, 11) is 0. The van der Waals surface area contributed by atoms with Gasteiger partial charge < -0.3 is 15.5 Å². The molecule has 1 heterocycles. The van der Waals surface area contributed by atoms with Crippen molar-refractivity contribution in [2.45, 2.75) is 19.8 Å². The third-order valence-electron chi connectivity index (χ3n) is 3.41. The third kappa shape index (κ3) is 3.16. The van der Waals surface area contributed by atoms with Gasteiger partial charge in [0.1, 0.15) is 5.82 Å². The van der Waals surface area contributed by atoms with Gasteiger partial charge in [-0.05, 0) is 24.6 Å². The molecule has 0 bridgehead atoms. The molecular weight excluding hydrogens is 245 g/mol. The Kier molecular flexibility index (Phi) is 4.24. The predicted octanol–water partition coefficient (Wildman–Crippen LogP) is 1.86. The molecule has 0 aromatic heterocycles. The van der Waals surface area contributed by atoms with Gasteiger partial charge in [-0.25, -0.2) is 4.39 Å². The molecule has 4 nitrogen and oxygen atoms in total. The summed E-state index contributed by atoms with van der Waals surface area (Å²) in [6, 6.07) is 4.59. The summed E-state index contributed by atoms with van der Waals surface area (Å²) in [5, 5.41) is 0. The molecule has 1 aliphatic heterocycles. The molecule has 2 N–H and O–H groups in total. The zero-order chi connectivity index (χ0) is 13.8. The lowest BCUT2D eigenvalue weighted by Crippen LogP contribution is -2.50. The Balaban J connectivity index is 2.03. The van der Waals surface area contributed by atoms with E-state index in [0.29, 0.717) is 24.5 Å². The van der Waals surface area contributed by atoms with E-state index in [4.69, 9.17) is 5.73 Å². The number of piperazine rings is 1. The number of carbonyl (C=O) groups excluding carboxylic acids is 1. The van der Waals surface area contributed by atoms with E-state index in [-0.39, 0.29) is 18.3 Å². The first kappa shape index (κ1) is 13.6. The average Bonchev–Trinajstić information content (AvgIpc) is 2.37. The van der Waals surface area contributed by atoms with E-state index in [1.54, 1.807) is 17.0 Å². The standard InChI is InChI=1S/C14H20FN3O/c1-2-3-6-17-7-8-18(10-14(17)19)13-5-4-11(16)9-12(13)15/h4-5,9H,2-3,6-8,10,16H2,1H3. The van der Waals surface area contributed by atoms with E-state index in [2.05, 4.69) is 6.92 Å². The maximum absolute atomic E-state index is 13.8. The minimum Gasteiger partial charge on any atom is -0.399 e. The molecule has 104 valence electrons. The molecule has 0 radical (unpaired) electrons. The van der Waals surface area contributed by atoms with Crippen molar-refractivity contribution in [3.8, 4) is 0 Å². The number of hydrogen-bond acceptors (Lipinski definition) is 3. The summed E-state index contributed by atoms with van der Waals surface area (Å²) in [5.41, 5.74) is 6.38. The van der Waals surface area contributed by atoms with Crippen LogP contribution in [0.5, 0.6) is 0 Å². The molecule has 19 heavy (non-hydrogen) atoms. The fourth-order valence-electron chi connectivity index (χ4n) is 2.28. The van der Waals surface area contributed by atoms with Gasteiger partial charge in [0.15, 0.2) is 0 Å². The van der Waals surface area contributed by atoms with Crippen LogP contribution in [-0.2, 0) is 4.79 Å². The fourth-order valence-corrected chi connectivity index (χ4v) is 2.28. The molecule has 1 aliphatic rings. The highest BCUT2D eigenvalue weighted by Gasteiger charge is 2.24. The minimum absolute atomic E-state index is 0.0657. The summed E-state index contributed by atoms with van der Waals surface area (Å²) < 4.78 is 13.8. The Hall–Kier alpha value is -1.78. The van der Waals surface area contributed by atoms with Crippen LogP contribution in [0.3, 0.4) is 0 Å². The van der Waals surface area contributed by atoms with Gasteiger partial charge >= 0.3 is 0 Å². The van der Waals surface area contributed by atoms with Crippen LogP contribution in [0.1, 0.15) is 19.8 Å². The monoisotopic (exact) mass is 265 g/mol. The van der Waals surface area contributed by atoms with E-state index in [1.807, 2.05) is 4.90 Å². The number of carbonyl (C=O) groups is 1. The summed E-state index contributed by atoms with van der Waals surface area (Å²) in [5.74, 6) is -0.300. The first-order valence-corrected chi connectivity index (χ1v) is 6.69. The lowest BCUT2D eigenvalue weighted by atomic mass is 10.2. The number of halogens is 1. The zero-order valence-electron chi connectivity index (χ0n) is 11.2. The second-order valence-electron chi connectivity index (χ2n) is 4.87. The van der Waals surface area contributed by atoms with Crippen LogP contribution in [0, 0.1) is 5.82 Å². The summed E-state index contributed by atoms with van der Waals surface area (Å²) in [6.45, 7) is 4.46. The average molecular weight is 265 g/mol. The molecule has 0 saturated carbocycles. The second kappa shape index (κ2) is 5.91. The predicted molar refractivity (Wildman–Crippen MR) is 74.5 cm³/mol. The van der Waals surface area contributed by atoms with Crippen LogP contribution >= 0.6 is 0 Å². The molecule has 2 rings (SSSR count). The normalized spacial score (nSPS) is 16.0. The van der Waals surface area contributed by atoms with Crippen molar-refractivity contribution < 1.29 is 9.18 Å². The minimum atomic E-state index is -0.366. The second-order valence-corrected chi connectivity index (χ2v) is 4.87. The van der Waals surface area contributed by atoms with Gasteiger partial charge in [0, 0.05) is 25.3 Å². The highest BCUT2D eigenvalue weighted by atomic mass is 19.1. The highest BCUT2D eigenvalue weighted by molar-refractivity contribution is 5.83. The smallest absolute Gasteiger partial charge is 0.242 e. The van der Waals surface area contributed by atoms with Crippen molar-refractivity contribution >= 4 is 17.3 Å². The van der Waals surface area contributed by atoms with Crippen LogP contribution in [0.2, 0.25) is 0 Å². The van der Waals surface area contributed by atoms with Gasteiger partial charge in [0.2, 0.25) is 5.91 Å². The van der Waals surface area contributed by atoms with Gasteiger partial charge in [0.05, 0.1) is 12.2 Å². The molecular formula is C14H20FN3O. The molecule has 0 unspecified atom stereocenters. The number of unbranched alkanes of at least 4 members (excludes halogenated alkanes) is 1.